The van der Waals surface area contributed by atoms with Crippen molar-refractivity contribution in [3.8, 4) is 11.4 Å². The van der Waals surface area contributed by atoms with Gasteiger partial charge in [0.05, 0.1) is 5.75 Å². The number of carbonyl (C=O) groups excluding carboxylic acids is 1. The average molecular weight is 359 g/mol. The molecule has 0 unspecified atom stereocenters. The molecule has 2 rings (SSSR count). The molecule has 25 heavy (non-hydrogen) atoms. The van der Waals surface area contributed by atoms with Crippen LogP contribution in [0.25, 0.3) is 11.4 Å². The molecule has 0 saturated carbocycles. The minimum absolute atomic E-state index is 0.00728. The van der Waals surface area contributed by atoms with Gasteiger partial charge >= 0.3 is 0 Å². The third-order valence-corrected chi connectivity index (χ3v) is 4.46. The zero-order chi connectivity index (χ0) is 18.3. The normalized spacial score (nSPS) is 11.3. The molecule has 7 heteroatoms. The Morgan fingerprint density at radius 1 is 1.32 bits per heavy atom. The summed E-state index contributed by atoms with van der Waals surface area (Å²) in [6, 6.07) is 3.77. The topological polar surface area (TPSA) is 72.7 Å². The van der Waals surface area contributed by atoms with Crippen LogP contribution < -0.4 is 5.32 Å². The molecule has 1 amide bonds. The van der Waals surface area contributed by atoms with E-state index in [0.29, 0.717) is 24.0 Å². The van der Waals surface area contributed by atoms with Crippen molar-refractivity contribution in [3.05, 3.63) is 37.2 Å². The summed E-state index contributed by atoms with van der Waals surface area (Å²) in [5, 5.41) is 12.2. The first kappa shape index (κ1) is 19.2. The number of allylic oxidation sites excluding steroid dienone is 1. The number of aromatic nitrogens is 4. The maximum atomic E-state index is 12.0. The predicted octanol–water partition coefficient (Wildman–Crippen LogP) is 3.17. The van der Waals surface area contributed by atoms with Crippen LogP contribution in [0.4, 0.5) is 0 Å². The van der Waals surface area contributed by atoms with Gasteiger partial charge in [-0.25, -0.2) is 0 Å². The van der Waals surface area contributed by atoms with Crippen LogP contribution in [-0.2, 0) is 11.3 Å². The molecule has 0 spiro atoms. The van der Waals surface area contributed by atoms with Gasteiger partial charge in [0.2, 0.25) is 5.91 Å². The van der Waals surface area contributed by atoms with E-state index in [1.165, 1.54) is 11.8 Å². The van der Waals surface area contributed by atoms with E-state index in [1.807, 2.05) is 16.7 Å². The summed E-state index contributed by atoms with van der Waals surface area (Å²) in [7, 11) is 0. The van der Waals surface area contributed by atoms with Gasteiger partial charge in [-0.15, -0.1) is 16.8 Å². The van der Waals surface area contributed by atoms with E-state index in [1.54, 1.807) is 18.5 Å². The first-order chi connectivity index (χ1) is 11.9. The van der Waals surface area contributed by atoms with Crippen molar-refractivity contribution in [2.45, 2.75) is 38.9 Å². The van der Waals surface area contributed by atoms with Crippen molar-refractivity contribution in [2.24, 2.45) is 5.41 Å². The lowest BCUT2D eigenvalue weighted by molar-refractivity contribution is -0.118. The number of nitrogens with zero attached hydrogens (tertiary/aromatic N) is 4. The van der Waals surface area contributed by atoms with Crippen molar-refractivity contribution in [2.75, 3.05) is 12.3 Å². The lowest BCUT2D eigenvalue weighted by atomic mass is 9.92. The van der Waals surface area contributed by atoms with Crippen molar-refractivity contribution < 1.29 is 4.79 Å². The molecule has 6 nitrogen and oxygen atoms in total. The molecular formula is C18H25N5OS. The second kappa shape index (κ2) is 8.80. The number of hydrogen-bond acceptors (Lipinski definition) is 5. The smallest absolute Gasteiger partial charge is 0.230 e. The van der Waals surface area contributed by atoms with Crippen LogP contribution in [0.2, 0.25) is 0 Å². The summed E-state index contributed by atoms with van der Waals surface area (Å²) < 4.78 is 1.95. The quantitative estimate of drug-likeness (QED) is 0.579. The van der Waals surface area contributed by atoms with E-state index in [-0.39, 0.29) is 11.3 Å². The Balaban J connectivity index is 1.99. The van der Waals surface area contributed by atoms with Gasteiger partial charge in [-0.3, -0.25) is 14.3 Å². The predicted molar refractivity (Wildman–Crippen MR) is 101 cm³/mol. The molecule has 0 radical (unpaired) electrons. The minimum atomic E-state index is 0.00728. The number of rotatable bonds is 8. The van der Waals surface area contributed by atoms with E-state index >= 15 is 0 Å². The summed E-state index contributed by atoms with van der Waals surface area (Å²) in [5.74, 6) is 1.07. The standard InChI is InChI=1S/C18H25N5OS/c1-5-12-23-16(14-6-9-19-10-7-14)21-22-17(23)25-13-15(24)20-11-8-18(2,3)4/h5-7,9-10H,1,8,11-13H2,2-4H3,(H,20,24). The van der Waals surface area contributed by atoms with Gasteiger partial charge in [0.15, 0.2) is 11.0 Å². The SMILES string of the molecule is C=CCn1c(SCC(=O)NCCC(C)(C)C)nnc1-c1ccncc1. The number of pyridine rings is 1. The van der Waals surface area contributed by atoms with Crippen LogP contribution in [-0.4, -0.2) is 38.0 Å². The van der Waals surface area contributed by atoms with Crippen LogP contribution in [0.15, 0.2) is 42.3 Å². The molecule has 0 aliphatic carbocycles. The molecule has 0 atom stereocenters. The highest BCUT2D eigenvalue weighted by Gasteiger charge is 2.15. The summed E-state index contributed by atoms with van der Waals surface area (Å²) in [5.41, 5.74) is 1.15. The summed E-state index contributed by atoms with van der Waals surface area (Å²) in [6.45, 7) is 11.5. The average Bonchev–Trinajstić information content (AvgIpc) is 2.96. The second-order valence-electron chi connectivity index (χ2n) is 6.89. The fraction of sp³-hybridized carbons (Fsp3) is 0.444. The van der Waals surface area contributed by atoms with Crippen LogP contribution in [0.5, 0.6) is 0 Å². The number of carbonyl (C=O) groups is 1. The molecule has 0 saturated heterocycles. The van der Waals surface area contributed by atoms with Crippen LogP contribution in [0.1, 0.15) is 27.2 Å². The molecule has 0 fully saturated rings. The fourth-order valence-electron chi connectivity index (χ4n) is 2.16. The number of hydrogen-bond donors (Lipinski definition) is 1. The van der Waals surface area contributed by atoms with Crippen molar-refractivity contribution >= 4 is 17.7 Å². The van der Waals surface area contributed by atoms with Crippen molar-refractivity contribution in [1.82, 2.24) is 25.1 Å². The summed E-state index contributed by atoms with van der Waals surface area (Å²) in [4.78, 5) is 16.1. The van der Waals surface area contributed by atoms with Crippen molar-refractivity contribution in [3.63, 3.8) is 0 Å². The molecule has 134 valence electrons. The van der Waals surface area contributed by atoms with Gasteiger partial charge in [0, 0.05) is 31.0 Å². The molecule has 0 aliphatic heterocycles. The third kappa shape index (κ3) is 6.01. The lowest BCUT2D eigenvalue weighted by Gasteiger charge is -2.17. The van der Waals surface area contributed by atoms with E-state index in [4.69, 9.17) is 0 Å². The number of amides is 1. The maximum Gasteiger partial charge on any atom is 0.230 e. The Kier molecular flexibility index (Phi) is 6.75. The Hall–Kier alpha value is -2.15. The highest BCUT2D eigenvalue weighted by atomic mass is 32.2. The minimum Gasteiger partial charge on any atom is -0.355 e. The Morgan fingerprint density at radius 3 is 2.68 bits per heavy atom. The summed E-state index contributed by atoms with van der Waals surface area (Å²) >= 11 is 1.38. The Morgan fingerprint density at radius 2 is 2.04 bits per heavy atom. The molecular weight excluding hydrogens is 334 g/mol. The Labute approximate surface area is 153 Å². The molecule has 0 bridgehead atoms. The molecule has 2 aromatic rings. The molecule has 2 heterocycles. The van der Waals surface area contributed by atoms with Gasteiger partial charge < -0.3 is 5.32 Å². The zero-order valence-electron chi connectivity index (χ0n) is 15.0. The number of thioether (sulfide) groups is 1. The molecule has 2 aromatic heterocycles. The van der Waals surface area contributed by atoms with Crippen LogP contribution in [0, 0.1) is 5.41 Å². The van der Waals surface area contributed by atoms with E-state index in [9.17, 15) is 4.79 Å². The maximum absolute atomic E-state index is 12.0. The highest BCUT2D eigenvalue weighted by molar-refractivity contribution is 7.99. The third-order valence-electron chi connectivity index (χ3n) is 3.50. The van der Waals surface area contributed by atoms with E-state index in [0.717, 1.165) is 17.8 Å². The second-order valence-corrected chi connectivity index (χ2v) is 7.83. The van der Waals surface area contributed by atoms with Crippen LogP contribution >= 0.6 is 11.8 Å². The first-order valence-corrected chi connectivity index (χ1v) is 9.23. The van der Waals surface area contributed by atoms with Gasteiger partial charge in [0.25, 0.3) is 0 Å². The summed E-state index contributed by atoms with van der Waals surface area (Å²) in [6.07, 6.45) is 6.18. The number of nitrogens with one attached hydrogen (secondary N) is 1. The van der Waals surface area contributed by atoms with Gasteiger partial charge in [-0.05, 0) is 24.0 Å². The molecule has 0 aromatic carbocycles. The first-order valence-electron chi connectivity index (χ1n) is 8.25. The van der Waals surface area contributed by atoms with Gasteiger partial charge in [-0.1, -0.05) is 38.6 Å². The largest absolute Gasteiger partial charge is 0.355 e. The molecule has 0 aliphatic rings. The monoisotopic (exact) mass is 359 g/mol. The van der Waals surface area contributed by atoms with E-state index in [2.05, 4.69) is 47.8 Å². The van der Waals surface area contributed by atoms with E-state index < -0.39 is 0 Å². The Bertz CT molecular complexity index is 706. The van der Waals surface area contributed by atoms with Gasteiger partial charge in [0.1, 0.15) is 0 Å². The van der Waals surface area contributed by atoms with Crippen molar-refractivity contribution in [1.29, 1.82) is 0 Å². The molecule has 1 N–H and O–H groups in total. The van der Waals surface area contributed by atoms with Gasteiger partial charge in [-0.2, -0.15) is 0 Å². The fourth-order valence-corrected chi connectivity index (χ4v) is 2.94. The zero-order valence-corrected chi connectivity index (χ0v) is 15.8. The lowest BCUT2D eigenvalue weighted by Crippen LogP contribution is -2.28. The highest BCUT2D eigenvalue weighted by Crippen LogP contribution is 2.23. The van der Waals surface area contributed by atoms with Crippen LogP contribution in [0.3, 0.4) is 0 Å².